The summed E-state index contributed by atoms with van der Waals surface area (Å²) >= 11 is 0. The van der Waals surface area contributed by atoms with Gasteiger partial charge in [0.1, 0.15) is 11.5 Å². The van der Waals surface area contributed by atoms with E-state index in [1.807, 2.05) is 42.5 Å². The molecule has 1 N–H and O–H groups in total. The van der Waals surface area contributed by atoms with Crippen LogP contribution in [-0.4, -0.2) is 6.54 Å². The lowest BCUT2D eigenvalue weighted by Gasteiger charge is -2.18. The van der Waals surface area contributed by atoms with E-state index in [4.69, 9.17) is 4.74 Å². The Labute approximate surface area is 121 Å². The highest BCUT2D eigenvalue weighted by Crippen LogP contribution is 2.21. The molecule has 0 saturated heterocycles. The minimum absolute atomic E-state index is 0.304. The molecule has 2 heteroatoms. The molecule has 2 rings (SSSR count). The first-order chi connectivity index (χ1) is 9.53. The molecule has 0 saturated carbocycles. The van der Waals surface area contributed by atoms with Gasteiger partial charge in [-0.1, -0.05) is 51.1 Å². The smallest absolute Gasteiger partial charge is 0.127 e. The molecular formula is C18H23NO. The van der Waals surface area contributed by atoms with Crippen LogP contribution >= 0.6 is 0 Å². The standard InChI is InChI=1S/C18H23NO/c1-18(2,3)14-19-13-15-8-7-11-17(12-15)20-16-9-5-4-6-10-16/h4-12,19H,13-14H2,1-3H3. The van der Waals surface area contributed by atoms with Crippen molar-refractivity contribution in [1.29, 1.82) is 0 Å². The predicted molar refractivity (Wildman–Crippen MR) is 84.1 cm³/mol. The van der Waals surface area contributed by atoms with E-state index < -0.39 is 0 Å². The summed E-state index contributed by atoms with van der Waals surface area (Å²) in [7, 11) is 0. The zero-order valence-corrected chi connectivity index (χ0v) is 12.5. The van der Waals surface area contributed by atoms with Crippen molar-refractivity contribution in [3.05, 3.63) is 60.2 Å². The summed E-state index contributed by atoms with van der Waals surface area (Å²) in [4.78, 5) is 0. The van der Waals surface area contributed by atoms with Crippen molar-refractivity contribution in [1.82, 2.24) is 5.32 Å². The van der Waals surface area contributed by atoms with Gasteiger partial charge in [0.25, 0.3) is 0 Å². The molecule has 2 aromatic carbocycles. The summed E-state index contributed by atoms with van der Waals surface area (Å²) in [6, 6.07) is 18.1. The maximum Gasteiger partial charge on any atom is 0.127 e. The Hall–Kier alpha value is -1.80. The van der Waals surface area contributed by atoms with Crippen molar-refractivity contribution < 1.29 is 4.74 Å². The lowest BCUT2D eigenvalue weighted by Crippen LogP contribution is -2.26. The van der Waals surface area contributed by atoms with Crippen molar-refractivity contribution in [3.63, 3.8) is 0 Å². The summed E-state index contributed by atoms with van der Waals surface area (Å²) in [6.07, 6.45) is 0. The third kappa shape index (κ3) is 5.06. The number of para-hydroxylation sites is 1. The third-order valence-corrected chi connectivity index (χ3v) is 2.86. The first kappa shape index (κ1) is 14.6. The Morgan fingerprint density at radius 3 is 2.30 bits per heavy atom. The molecule has 0 amide bonds. The largest absolute Gasteiger partial charge is 0.457 e. The van der Waals surface area contributed by atoms with Gasteiger partial charge in [-0.05, 0) is 35.2 Å². The minimum Gasteiger partial charge on any atom is -0.457 e. The third-order valence-electron chi connectivity index (χ3n) is 2.86. The first-order valence-electron chi connectivity index (χ1n) is 7.05. The van der Waals surface area contributed by atoms with Gasteiger partial charge in [0.15, 0.2) is 0 Å². The fourth-order valence-corrected chi connectivity index (χ4v) is 1.93. The summed E-state index contributed by atoms with van der Waals surface area (Å²) in [5.74, 6) is 1.75. The van der Waals surface area contributed by atoms with Crippen molar-refractivity contribution in [2.24, 2.45) is 5.41 Å². The number of ether oxygens (including phenoxy) is 1. The van der Waals surface area contributed by atoms with Crippen LogP contribution in [0.2, 0.25) is 0 Å². The van der Waals surface area contributed by atoms with Crippen LogP contribution < -0.4 is 10.1 Å². The molecule has 106 valence electrons. The average molecular weight is 269 g/mol. The van der Waals surface area contributed by atoms with Crippen LogP contribution in [-0.2, 0) is 6.54 Å². The Kier molecular flexibility index (Phi) is 4.80. The maximum absolute atomic E-state index is 5.84. The summed E-state index contributed by atoms with van der Waals surface area (Å²) in [6.45, 7) is 8.55. The number of benzene rings is 2. The SMILES string of the molecule is CC(C)(C)CNCc1cccc(Oc2ccccc2)c1. The van der Waals surface area contributed by atoms with Crippen LogP contribution in [0.4, 0.5) is 0 Å². The number of hydrogen-bond acceptors (Lipinski definition) is 2. The van der Waals surface area contributed by atoms with Crippen molar-refractivity contribution in [3.8, 4) is 11.5 Å². The molecule has 2 aromatic rings. The van der Waals surface area contributed by atoms with Crippen molar-refractivity contribution >= 4 is 0 Å². The molecule has 0 bridgehead atoms. The van der Waals surface area contributed by atoms with E-state index in [2.05, 4.69) is 38.2 Å². The fraction of sp³-hybridized carbons (Fsp3) is 0.333. The van der Waals surface area contributed by atoms with E-state index in [9.17, 15) is 0 Å². The molecule has 0 spiro atoms. The second-order valence-corrected chi connectivity index (χ2v) is 6.23. The lowest BCUT2D eigenvalue weighted by atomic mass is 9.97. The van der Waals surface area contributed by atoms with Crippen LogP contribution in [0, 0.1) is 5.41 Å². The zero-order chi connectivity index (χ0) is 14.4. The van der Waals surface area contributed by atoms with Crippen LogP contribution in [0.3, 0.4) is 0 Å². The van der Waals surface area contributed by atoms with Gasteiger partial charge in [0.05, 0.1) is 0 Å². The number of rotatable bonds is 5. The maximum atomic E-state index is 5.84. The minimum atomic E-state index is 0.304. The summed E-state index contributed by atoms with van der Waals surface area (Å²) < 4.78 is 5.84. The Bertz CT molecular complexity index is 529. The van der Waals surface area contributed by atoms with E-state index in [0.29, 0.717) is 5.41 Å². The highest BCUT2D eigenvalue weighted by atomic mass is 16.5. The summed E-state index contributed by atoms with van der Waals surface area (Å²) in [5.41, 5.74) is 1.54. The average Bonchev–Trinajstić information content (AvgIpc) is 2.39. The van der Waals surface area contributed by atoms with Gasteiger partial charge < -0.3 is 10.1 Å². The molecule has 0 unspecified atom stereocenters. The van der Waals surface area contributed by atoms with Crippen molar-refractivity contribution in [2.75, 3.05) is 6.54 Å². The normalized spacial score (nSPS) is 11.3. The second-order valence-electron chi connectivity index (χ2n) is 6.23. The van der Waals surface area contributed by atoms with Crippen LogP contribution in [0.15, 0.2) is 54.6 Å². The Morgan fingerprint density at radius 1 is 0.900 bits per heavy atom. The molecule has 20 heavy (non-hydrogen) atoms. The Balaban J connectivity index is 1.94. The van der Waals surface area contributed by atoms with Gasteiger partial charge in [0.2, 0.25) is 0 Å². The topological polar surface area (TPSA) is 21.3 Å². The van der Waals surface area contributed by atoms with Gasteiger partial charge in [-0.2, -0.15) is 0 Å². The van der Waals surface area contributed by atoms with Gasteiger partial charge in [0, 0.05) is 13.1 Å². The van der Waals surface area contributed by atoms with Gasteiger partial charge in [-0.15, -0.1) is 0 Å². The molecule has 0 heterocycles. The molecule has 0 fully saturated rings. The number of nitrogens with one attached hydrogen (secondary N) is 1. The van der Waals surface area contributed by atoms with Crippen LogP contribution in [0.5, 0.6) is 11.5 Å². The molecule has 0 aliphatic rings. The monoisotopic (exact) mass is 269 g/mol. The van der Waals surface area contributed by atoms with Crippen LogP contribution in [0.25, 0.3) is 0 Å². The molecule has 2 nitrogen and oxygen atoms in total. The lowest BCUT2D eigenvalue weighted by molar-refractivity contribution is 0.379. The van der Waals surface area contributed by atoms with Gasteiger partial charge >= 0.3 is 0 Å². The summed E-state index contributed by atoms with van der Waals surface area (Å²) in [5, 5.41) is 3.48. The molecule has 0 radical (unpaired) electrons. The van der Waals surface area contributed by atoms with Crippen LogP contribution in [0.1, 0.15) is 26.3 Å². The van der Waals surface area contributed by atoms with E-state index in [1.54, 1.807) is 0 Å². The quantitative estimate of drug-likeness (QED) is 0.855. The molecule has 0 atom stereocenters. The molecule has 0 aromatic heterocycles. The Morgan fingerprint density at radius 2 is 1.60 bits per heavy atom. The first-order valence-corrected chi connectivity index (χ1v) is 7.05. The highest BCUT2D eigenvalue weighted by molar-refractivity contribution is 5.33. The zero-order valence-electron chi connectivity index (χ0n) is 12.5. The predicted octanol–water partition coefficient (Wildman–Crippen LogP) is 4.61. The second kappa shape index (κ2) is 6.58. The fourth-order valence-electron chi connectivity index (χ4n) is 1.93. The van der Waals surface area contributed by atoms with E-state index in [1.165, 1.54) is 5.56 Å². The molecule has 0 aliphatic carbocycles. The van der Waals surface area contributed by atoms with Gasteiger partial charge in [-0.3, -0.25) is 0 Å². The highest BCUT2D eigenvalue weighted by Gasteiger charge is 2.08. The number of hydrogen-bond donors (Lipinski definition) is 1. The van der Waals surface area contributed by atoms with E-state index in [-0.39, 0.29) is 0 Å². The van der Waals surface area contributed by atoms with E-state index in [0.717, 1.165) is 24.6 Å². The van der Waals surface area contributed by atoms with E-state index >= 15 is 0 Å². The molecule has 0 aliphatic heterocycles. The van der Waals surface area contributed by atoms with Gasteiger partial charge in [-0.25, -0.2) is 0 Å². The van der Waals surface area contributed by atoms with Crippen molar-refractivity contribution in [2.45, 2.75) is 27.3 Å². The molecular weight excluding hydrogens is 246 g/mol.